The van der Waals surface area contributed by atoms with Gasteiger partial charge in [0.1, 0.15) is 6.04 Å². The first-order valence-electron chi connectivity index (χ1n) is 11.9. The number of carbonyl (C=O) groups is 3. The predicted molar refractivity (Wildman–Crippen MR) is 133 cm³/mol. The van der Waals surface area contributed by atoms with Gasteiger partial charge in [-0.25, -0.2) is 4.79 Å². The summed E-state index contributed by atoms with van der Waals surface area (Å²) in [4.78, 5) is 37.3. The number of aromatic nitrogens is 1. The van der Waals surface area contributed by atoms with E-state index in [1.807, 2.05) is 60.8 Å². The SMILES string of the molecule is CC1(C(=O)O)CCC(C(=O)N[C@@H](Cc2cn(Cc3ccccc3)c3ccccc23)C(=O)O)C1(C)C. The molecule has 184 valence electrons. The van der Waals surface area contributed by atoms with Crippen molar-refractivity contribution in [2.45, 2.75) is 52.6 Å². The number of nitrogens with one attached hydrogen (secondary N) is 1. The van der Waals surface area contributed by atoms with Crippen LogP contribution in [0.1, 0.15) is 44.7 Å². The number of hydrogen-bond acceptors (Lipinski definition) is 3. The van der Waals surface area contributed by atoms with Gasteiger partial charge in [0.05, 0.1) is 5.41 Å². The molecule has 0 aliphatic heterocycles. The third kappa shape index (κ3) is 4.43. The Morgan fingerprint density at radius 2 is 1.69 bits per heavy atom. The van der Waals surface area contributed by atoms with E-state index in [9.17, 15) is 24.6 Å². The van der Waals surface area contributed by atoms with E-state index < -0.39 is 40.6 Å². The van der Waals surface area contributed by atoms with Crippen LogP contribution in [-0.4, -0.2) is 38.7 Å². The van der Waals surface area contributed by atoms with E-state index in [4.69, 9.17) is 0 Å². The third-order valence-corrected chi connectivity index (χ3v) is 8.12. The zero-order chi connectivity index (χ0) is 25.4. The highest BCUT2D eigenvalue weighted by molar-refractivity contribution is 5.89. The van der Waals surface area contributed by atoms with Crippen molar-refractivity contribution >= 4 is 28.7 Å². The molecule has 2 unspecified atom stereocenters. The number of fused-ring (bicyclic) bond motifs is 1. The Morgan fingerprint density at radius 1 is 1.03 bits per heavy atom. The number of nitrogens with zero attached hydrogens (tertiary/aromatic N) is 1. The summed E-state index contributed by atoms with van der Waals surface area (Å²) in [6.45, 7) is 5.88. The molecular weight excluding hydrogens is 444 g/mol. The van der Waals surface area contributed by atoms with E-state index >= 15 is 0 Å². The minimum absolute atomic E-state index is 0.132. The summed E-state index contributed by atoms with van der Waals surface area (Å²) < 4.78 is 2.10. The molecule has 1 aromatic heterocycles. The summed E-state index contributed by atoms with van der Waals surface area (Å²) in [5.74, 6) is -3.03. The first kappa shape index (κ1) is 24.5. The zero-order valence-electron chi connectivity index (χ0n) is 20.3. The van der Waals surface area contributed by atoms with Crippen molar-refractivity contribution in [1.29, 1.82) is 0 Å². The minimum Gasteiger partial charge on any atom is -0.481 e. The second-order valence-electron chi connectivity index (χ2n) is 10.3. The second-order valence-corrected chi connectivity index (χ2v) is 10.3. The highest BCUT2D eigenvalue weighted by Crippen LogP contribution is 2.56. The molecule has 0 bridgehead atoms. The van der Waals surface area contributed by atoms with Gasteiger partial charge in [0.25, 0.3) is 0 Å². The van der Waals surface area contributed by atoms with Crippen LogP contribution in [0, 0.1) is 16.7 Å². The van der Waals surface area contributed by atoms with Crippen LogP contribution < -0.4 is 5.32 Å². The maximum atomic E-state index is 13.2. The van der Waals surface area contributed by atoms with Crippen molar-refractivity contribution < 1.29 is 24.6 Å². The van der Waals surface area contributed by atoms with Gasteiger partial charge in [-0.15, -0.1) is 0 Å². The maximum Gasteiger partial charge on any atom is 0.326 e. The number of amides is 1. The van der Waals surface area contributed by atoms with Crippen molar-refractivity contribution in [2.75, 3.05) is 0 Å². The third-order valence-electron chi connectivity index (χ3n) is 8.12. The molecule has 0 spiro atoms. The Balaban J connectivity index is 1.58. The van der Waals surface area contributed by atoms with Gasteiger partial charge in [0.2, 0.25) is 5.91 Å². The quantitative estimate of drug-likeness (QED) is 0.448. The lowest BCUT2D eigenvalue weighted by atomic mass is 9.65. The van der Waals surface area contributed by atoms with Gasteiger partial charge < -0.3 is 20.1 Å². The molecule has 3 N–H and O–H groups in total. The first-order chi connectivity index (χ1) is 16.5. The summed E-state index contributed by atoms with van der Waals surface area (Å²) in [7, 11) is 0. The minimum atomic E-state index is -1.12. The lowest BCUT2D eigenvalue weighted by molar-refractivity contribution is -0.155. The Labute approximate surface area is 204 Å². The number of carboxylic acids is 2. The lowest BCUT2D eigenvalue weighted by Gasteiger charge is -2.38. The maximum absolute atomic E-state index is 13.2. The summed E-state index contributed by atoms with van der Waals surface area (Å²) >= 11 is 0. The van der Waals surface area contributed by atoms with Crippen molar-refractivity contribution in [3.05, 3.63) is 71.9 Å². The summed E-state index contributed by atoms with van der Waals surface area (Å²) in [5, 5.41) is 23.4. The average Bonchev–Trinajstić information content (AvgIpc) is 3.28. The van der Waals surface area contributed by atoms with Crippen LogP contribution in [-0.2, 0) is 27.3 Å². The highest BCUT2D eigenvalue weighted by Gasteiger charge is 2.58. The van der Waals surface area contributed by atoms with Crippen LogP contribution in [0.25, 0.3) is 10.9 Å². The van der Waals surface area contributed by atoms with Crippen molar-refractivity contribution in [3.8, 4) is 0 Å². The molecule has 1 amide bonds. The smallest absolute Gasteiger partial charge is 0.326 e. The van der Waals surface area contributed by atoms with Crippen molar-refractivity contribution in [1.82, 2.24) is 9.88 Å². The van der Waals surface area contributed by atoms with E-state index in [0.717, 1.165) is 22.0 Å². The molecule has 1 aliphatic rings. The normalized spacial score (nSPS) is 22.1. The van der Waals surface area contributed by atoms with Gasteiger partial charge in [0.15, 0.2) is 0 Å². The topological polar surface area (TPSA) is 109 Å². The molecule has 3 atom stereocenters. The van der Waals surface area contributed by atoms with Crippen LogP contribution in [0.3, 0.4) is 0 Å². The van der Waals surface area contributed by atoms with Gasteiger partial charge >= 0.3 is 11.9 Å². The number of carboxylic acid groups (broad SMARTS) is 2. The molecule has 0 saturated heterocycles. The number of para-hydroxylation sites is 1. The van der Waals surface area contributed by atoms with E-state index in [0.29, 0.717) is 19.4 Å². The molecular formula is C28H32N2O5. The number of carbonyl (C=O) groups excluding carboxylic acids is 1. The predicted octanol–water partition coefficient (Wildman–Crippen LogP) is 4.33. The summed E-state index contributed by atoms with van der Waals surface area (Å²) in [6, 6.07) is 16.7. The molecule has 4 rings (SSSR count). The van der Waals surface area contributed by atoms with Crippen LogP contribution in [0.5, 0.6) is 0 Å². The molecule has 7 heteroatoms. The molecule has 3 aromatic rings. The largest absolute Gasteiger partial charge is 0.481 e. The van der Waals surface area contributed by atoms with Crippen molar-refractivity contribution in [3.63, 3.8) is 0 Å². The fraction of sp³-hybridized carbons (Fsp3) is 0.393. The fourth-order valence-electron chi connectivity index (χ4n) is 5.43. The average molecular weight is 477 g/mol. The van der Waals surface area contributed by atoms with E-state index in [-0.39, 0.29) is 6.42 Å². The monoisotopic (exact) mass is 476 g/mol. The molecule has 1 aliphatic carbocycles. The van der Waals surface area contributed by atoms with Crippen LogP contribution in [0.2, 0.25) is 0 Å². The molecule has 1 fully saturated rings. The molecule has 1 heterocycles. The second kappa shape index (κ2) is 9.21. The van der Waals surface area contributed by atoms with Gasteiger partial charge in [-0.2, -0.15) is 0 Å². The van der Waals surface area contributed by atoms with Gasteiger partial charge in [-0.1, -0.05) is 62.4 Å². The Kier molecular flexibility index (Phi) is 6.45. The Morgan fingerprint density at radius 3 is 2.31 bits per heavy atom. The van der Waals surface area contributed by atoms with Gasteiger partial charge in [-0.05, 0) is 42.4 Å². The van der Waals surface area contributed by atoms with Crippen molar-refractivity contribution in [2.24, 2.45) is 16.7 Å². The molecule has 0 radical (unpaired) electrons. The Hall–Kier alpha value is -3.61. The van der Waals surface area contributed by atoms with Crippen LogP contribution >= 0.6 is 0 Å². The van der Waals surface area contributed by atoms with E-state index in [1.165, 1.54) is 0 Å². The molecule has 1 saturated carbocycles. The highest BCUT2D eigenvalue weighted by atomic mass is 16.4. The summed E-state index contributed by atoms with van der Waals surface area (Å²) in [6.07, 6.45) is 2.87. The molecule has 2 aromatic carbocycles. The molecule has 7 nitrogen and oxygen atoms in total. The van der Waals surface area contributed by atoms with Crippen LogP contribution in [0.15, 0.2) is 60.8 Å². The number of aliphatic carboxylic acids is 2. The Bertz CT molecular complexity index is 1260. The zero-order valence-corrected chi connectivity index (χ0v) is 20.3. The lowest BCUT2D eigenvalue weighted by Crippen LogP contribution is -2.49. The van der Waals surface area contributed by atoms with E-state index in [1.54, 1.807) is 20.8 Å². The van der Waals surface area contributed by atoms with Gasteiger partial charge in [-0.3, -0.25) is 9.59 Å². The fourth-order valence-corrected chi connectivity index (χ4v) is 5.43. The molecule has 35 heavy (non-hydrogen) atoms. The number of rotatable bonds is 8. The van der Waals surface area contributed by atoms with Crippen LogP contribution in [0.4, 0.5) is 0 Å². The number of benzene rings is 2. The number of hydrogen-bond donors (Lipinski definition) is 3. The van der Waals surface area contributed by atoms with E-state index in [2.05, 4.69) is 9.88 Å². The van der Waals surface area contributed by atoms with Gasteiger partial charge in [0, 0.05) is 36.0 Å². The standard InChI is InChI=1S/C28H32N2O5/c1-27(2)21(13-14-28(27,3)26(34)35)24(31)29-22(25(32)33)15-19-17-30(16-18-9-5-4-6-10-18)23-12-8-7-11-20(19)23/h4-12,17,21-22H,13-16H2,1-3H3,(H,29,31)(H,32,33)(H,34,35)/t21?,22-,28?/m0/s1. The summed E-state index contributed by atoms with van der Waals surface area (Å²) in [5.41, 5.74) is 1.12. The first-order valence-corrected chi connectivity index (χ1v) is 11.9.